The van der Waals surface area contributed by atoms with E-state index in [2.05, 4.69) is 9.97 Å². The molecule has 1 N–H and O–H groups in total. The van der Waals surface area contributed by atoms with Gasteiger partial charge in [-0.2, -0.15) is 0 Å². The van der Waals surface area contributed by atoms with Gasteiger partial charge in [0.1, 0.15) is 5.52 Å². The number of aryl methyl sites for hydroxylation is 1. The molecule has 39 heavy (non-hydrogen) atoms. The molecule has 0 radical (unpaired) electrons. The predicted octanol–water partition coefficient (Wildman–Crippen LogP) is 3.09. The summed E-state index contributed by atoms with van der Waals surface area (Å²) in [6, 6.07) is 13.3. The Labute approximate surface area is 226 Å². The third kappa shape index (κ3) is 5.76. The van der Waals surface area contributed by atoms with Crippen molar-refractivity contribution in [3.8, 4) is 11.5 Å². The Kier molecular flexibility index (Phi) is 8.57. The Hall–Kier alpha value is -4.29. The number of fused-ring (bicyclic) bond motifs is 1. The van der Waals surface area contributed by atoms with E-state index < -0.39 is 35.6 Å². The molecule has 0 aliphatic heterocycles. The minimum Gasteiger partial charge on any atom is -0.493 e. The molecule has 0 saturated heterocycles. The highest BCUT2D eigenvalue weighted by atomic mass is 32.2. The number of esters is 2. The summed E-state index contributed by atoms with van der Waals surface area (Å²) in [4.78, 5) is 34.0. The highest BCUT2D eigenvalue weighted by Gasteiger charge is 2.26. The molecule has 204 valence electrons. The number of pyridine rings is 1. The van der Waals surface area contributed by atoms with Crippen molar-refractivity contribution in [3.05, 3.63) is 77.1 Å². The molecule has 0 fully saturated rings. The van der Waals surface area contributed by atoms with E-state index in [9.17, 15) is 18.9 Å². The number of carbonyl (C=O) groups is 2. The van der Waals surface area contributed by atoms with Crippen LogP contribution in [0.1, 0.15) is 33.3 Å². The highest BCUT2D eigenvalue weighted by molar-refractivity contribution is 7.84. The number of hydrogen-bond acceptors (Lipinski definition) is 10. The second-order valence-electron chi connectivity index (χ2n) is 8.38. The number of imidazole rings is 1. The van der Waals surface area contributed by atoms with Gasteiger partial charge in [-0.1, -0.05) is 30.3 Å². The number of rotatable bonds is 10. The Morgan fingerprint density at radius 3 is 2.49 bits per heavy atom. The maximum atomic E-state index is 13.7. The highest BCUT2D eigenvalue weighted by Crippen LogP contribution is 2.32. The normalized spacial score (nSPS) is 12.5. The molecule has 2 heterocycles. The van der Waals surface area contributed by atoms with E-state index in [0.717, 1.165) is 0 Å². The summed E-state index contributed by atoms with van der Waals surface area (Å²) in [5.74, 6) is -0.911. The zero-order valence-electron chi connectivity index (χ0n) is 21.7. The fourth-order valence-corrected chi connectivity index (χ4v) is 5.20. The lowest BCUT2D eigenvalue weighted by Crippen LogP contribution is -2.19. The van der Waals surface area contributed by atoms with Crippen molar-refractivity contribution in [3.63, 3.8) is 0 Å². The lowest BCUT2D eigenvalue weighted by molar-refractivity contribution is -0.158. The van der Waals surface area contributed by atoms with E-state index in [4.69, 9.17) is 18.9 Å². The topological polar surface area (TPSA) is 139 Å². The zero-order chi connectivity index (χ0) is 28.1. The van der Waals surface area contributed by atoms with Crippen LogP contribution in [0.25, 0.3) is 11.0 Å². The maximum absolute atomic E-state index is 13.7. The first-order valence-corrected chi connectivity index (χ1v) is 13.0. The van der Waals surface area contributed by atoms with Crippen LogP contribution in [-0.2, 0) is 37.6 Å². The molecule has 0 amide bonds. The van der Waals surface area contributed by atoms with E-state index in [1.807, 2.05) is 0 Å². The Balaban J connectivity index is 1.75. The van der Waals surface area contributed by atoms with Crippen molar-refractivity contribution in [2.24, 2.45) is 0 Å². The van der Waals surface area contributed by atoms with Crippen LogP contribution in [0.15, 0.2) is 59.9 Å². The molecular formula is C27H27N3O8S. The van der Waals surface area contributed by atoms with Gasteiger partial charge in [0, 0.05) is 12.3 Å². The van der Waals surface area contributed by atoms with Crippen LogP contribution in [0.5, 0.6) is 11.5 Å². The maximum Gasteiger partial charge on any atom is 0.341 e. The summed E-state index contributed by atoms with van der Waals surface area (Å²) in [6.45, 7) is 1.35. The van der Waals surface area contributed by atoms with Crippen LogP contribution < -0.4 is 9.47 Å². The van der Waals surface area contributed by atoms with Crippen molar-refractivity contribution in [2.75, 3.05) is 21.3 Å². The molecule has 4 aromatic rings. The lowest BCUT2D eigenvalue weighted by Gasteiger charge is -2.14. The second kappa shape index (κ2) is 12.0. The number of ether oxygens (including phenoxy) is 4. The van der Waals surface area contributed by atoms with Gasteiger partial charge in [0.05, 0.1) is 54.7 Å². The molecule has 0 bridgehead atoms. The molecule has 0 spiro atoms. The molecule has 12 heteroatoms. The standard InChI is InChI=1S/C27H27N3O8S/c1-16-12-18(25(32)37-4)22-20(13-16)30(15-38-26(33)23(31)17-8-6-5-7-9-17)27(29-22)39(34)14-19-24(36-3)21(35-2)10-11-28-19/h5-13,23,31H,14-15H2,1-4H3/t23-,39-/m1/s1. The summed E-state index contributed by atoms with van der Waals surface area (Å²) in [5, 5.41) is 10.5. The zero-order valence-corrected chi connectivity index (χ0v) is 22.6. The lowest BCUT2D eigenvalue weighted by atomic mass is 10.1. The largest absolute Gasteiger partial charge is 0.493 e. The van der Waals surface area contributed by atoms with Crippen molar-refractivity contribution in [1.29, 1.82) is 0 Å². The first-order valence-electron chi connectivity index (χ1n) is 11.7. The Morgan fingerprint density at radius 1 is 1.08 bits per heavy atom. The average molecular weight is 554 g/mol. The van der Waals surface area contributed by atoms with Gasteiger partial charge in [0.2, 0.25) is 5.16 Å². The SMILES string of the molecule is COC(=O)c1cc(C)cc2c1nc([S@](=O)Cc1nccc(OC)c1OC)n2COC(=O)[C@H](O)c1ccccc1. The van der Waals surface area contributed by atoms with Crippen LogP contribution in [-0.4, -0.2) is 57.1 Å². The van der Waals surface area contributed by atoms with Crippen LogP contribution in [0.2, 0.25) is 0 Å². The van der Waals surface area contributed by atoms with Gasteiger partial charge in [-0.05, 0) is 30.2 Å². The molecule has 0 aliphatic rings. The van der Waals surface area contributed by atoms with Crippen molar-refractivity contribution >= 4 is 33.8 Å². The number of aliphatic hydroxyl groups excluding tert-OH is 1. The first kappa shape index (κ1) is 27.7. The van der Waals surface area contributed by atoms with E-state index in [0.29, 0.717) is 33.8 Å². The summed E-state index contributed by atoms with van der Waals surface area (Å²) in [5.41, 5.74) is 2.20. The van der Waals surface area contributed by atoms with E-state index in [1.165, 1.54) is 32.1 Å². The first-order chi connectivity index (χ1) is 18.8. The monoisotopic (exact) mass is 553 g/mol. The van der Waals surface area contributed by atoms with Crippen LogP contribution >= 0.6 is 0 Å². The van der Waals surface area contributed by atoms with Gasteiger partial charge in [0.25, 0.3) is 0 Å². The smallest absolute Gasteiger partial charge is 0.341 e. The molecule has 2 aromatic heterocycles. The van der Waals surface area contributed by atoms with Gasteiger partial charge in [0.15, 0.2) is 24.3 Å². The number of benzene rings is 2. The third-order valence-electron chi connectivity index (χ3n) is 5.88. The van der Waals surface area contributed by atoms with E-state index in [1.54, 1.807) is 55.5 Å². The van der Waals surface area contributed by atoms with Crippen LogP contribution in [0.4, 0.5) is 0 Å². The minimum absolute atomic E-state index is 0.0226. The van der Waals surface area contributed by atoms with Gasteiger partial charge >= 0.3 is 11.9 Å². The quantitative estimate of drug-likeness (QED) is 0.292. The predicted molar refractivity (Wildman–Crippen MR) is 141 cm³/mol. The molecule has 0 unspecified atom stereocenters. The summed E-state index contributed by atoms with van der Waals surface area (Å²) in [7, 11) is 2.33. The molecule has 0 aliphatic carbocycles. The average Bonchev–Trinajstić information content (AvgIpc) is 3.33. The fraction of sp³-hybridized carbons (Fsp3) is 0.259. The molecule has 2 atom stereocenters. The number of aromatic nitrogens is 3. The van der Waals surface area contributed by atoms with Crippen LogP contribution in [0, 0.1) is 6.92 Å². The molecule has 4 rings (SSSR count). The van der Waals surface area contributed by atoms with Crippen molar-refractivity contribution in [1.82, 2.24) is 14.5 Å². The minimum atomic E-state index is -1.84. The fourth-order valence-electron chi connectivity index (χ4n) is 4.03. The number of nitrogens with zero attached hydrogens (tertiary/aromatic N) is 3. The molecule has 11 nitrogen and oxygen atoms in total. The van der Waals surface area contributed by atoms with Gasteiger partial charge < -0.3 is 24.1 Å². The Bertz CT molecular complexity index is 1540. The van der Waals surface area contributed by atoms with Crippen molar-refractivity contribution < 1.29 is 37.9 Å². The summed E-state index contributed by atoms with van der Waals surface area (Å²) in [6.07, 6.45) is -0.0185. The number of aliphatic hydroxyl groups is 1. The molecule has 2 aromatic carbocycles. The van der Waals surface area contributed by atoms with E-state index in [-0.39, 0.29) is 22.0 Å². The number of hydrogen-bond donors (Lipinski definition) is 1. The molecular weight excluding hydrogens is 526 g/mol. The Morgan fingerprint density at radius 2 is 1.82 bits per heavy atom. The second-order valence-corrected chi connectivity index (χ2v) is 9.73. The van der Waals surface area contributed by atoms with E-state index >= 15 is 0 Å². The van der Waals surface area contributed by atoms with Crippen LogP contribution in [0.3, 0.4) is 0 Å². The van der Waals surface area contributed by atoms with Gasteiger partial charge in [-0.3, -0.25) is 13.8 Å². The van der Waals surface area contributed by atoms with Gasteiger partial charge in [-0.15, -0.1) is 0 Å². The summed E-state index contributed by atoms with van der Waals surface area (Å²) < 4.78 is 36.2. The third-order valence-corrected chi connectivity index (χ3v) is 7.14. The molecule has 0 saturated carbocycles. The summed E-state index contributed by atoms with van der Waals surface area (Å²) >= 11 is 0. The van der Waals surface area contributed by atoms with Gasteiger partial charge in [-0.25, -0.2) is 14.6 Å². The number of methoxy groups -OCH3 is 3. The van der Waals surface area contributed by atoms with Crippen molar-refractivity contribution in [2.45, 2.75) is 30.7 Å². The number of carbonyl (C=O) groups excluding carboxylic acids is 2.